The number of hydrogen-bond acceptors (Lipinski definition) is 2. The van der Waals surface area contributed by atoms with Gasteiger partial charge in [0.2, 0.25) is 0 Å². The van der Waals surface area contributed by atoms with Gasteiger partial charge in [0, 0.05) is 18.2 Å². The number of rotatable bonds is 5. The van der Waals surface area contributed by atoms with Gasteiger partial charge in [0.05, 0.1) is 12.3 Å². The molecule has 0 aliphatic carbocycles. The average molecular weight is 229 g/mol. The second kappa shape index (κ2) is 4.17. The number of hydrogen-bond donors (Lipinski definition) is 1. The molecule has 3 nitrogen and oxygen atoms in total. The van der Waals surface area contributed by atoms with E-state index < -0.39 is 0 Å². The molecule has 0 saturated carbocycles. The molecule has 1 N–H and O–H groups in total. The zero-order valence-electron chi connectivity index (χ0n) is 9.82. The monoisotopic (exact) mass is 229 g/mol. The molecule has 0 radical (unpaired) electrons. The summed E-state index contributed by atoms with van der Waals surface area (Å²) in [4.78, 5) is 3.23. The highest BCUT2D eigenvalue weighted by Crippen LogP contribution is 2.48. The van der Waals surface area contributed by atoms with Crippen LogP contribution in [0.4, 0.5) is 0 Å². The number of aromatic nitrogens is 1. The Kier molecular flexibility index (Phi) is 2.52. The van der Waals surface area contributed by atoms with Crippen molar-refractivity contribution in [3.8, 4) is 17.2 Å². The lowest BCUT2D eigenvalue weighted by Gasteiger charge is -2.05. The first kappa shape index (κ1) is 10.3. The number of benzene rings is 1. The zero-order chi connectivity index (χ0) is 11.7. The maximum absolute atomic E-state index is 5.68. The molecule has 0 fully saturated rings. The lowest BCUT2D eigenvalue weighted by atomic mass is 10.1. The Hall–Kier alpha value is -1.90. The number of H-pyrrole nitrogens is 1. The Morgan fingerprint density at radius 3 is 3.12 bits per heavy atom. The van der Waals surface area contributed by atoms with E-state index in [0.29, 0.717) is 0 Å². The fraction of sp³-hybridized carbons (Fsp3) is 0.286. The number of fused-ring (bicyclic) bond motifs is 1. The van der Waals surface area contributed by atoms with Crippen LogP contribution in [0, 0.1) is 0 Å². The van der Waals surface area contributed by atoms with Crippen molar-refractivity contribution in [2.75, 3.05) is 6.61 Å². The molecule has 0 amide bonds. The Balaban J connectivity index is 1.77. The van der Waals surface area contributed by atoms with Crippen molar-refractivity contribution in [2.45, 2.75) is 19.8 Å². The van der Waals surface area contributed by atoms with Crippen molar-refractivity contribution in [1.29, 1.82) is 0 Å². The van der Waals surface area contributed by atoms with Crippen LogP contribution in [0.3, 0.4) is 0 Å². The van der Waals surface area contributed by atoms with Gasteiger partial charge in [0.15, 0.2) is 11.5 Å². The van der Waals surface area contributed by atoms with Gasteiger partial charge >= 0.3 is 0 Å². The fourth-order valence-corrected chi connectivity index (χ4v) is 1.95. The molecule has 17 heavy (non-hydrogen) atoms. The van der Waals surface area contributed by atoms with E-state index in [1.807, 2.05) is 24.4 Å². The highest BCUT2D eigenvalue weighted by molar-refractivity contribution is 5.60. The van der Waals surface area contributed by atoms with Gasteiger partial charge < -0.3 is 14.5 Å². The summed E-state index contributed by atoms with van der Waals surface area (Å²) in [5.74, 6) is 2.98. The van der Waals surface area contributed by atoms with Crippen molar-refractivity contribution in [3.63, 3.8) is 0 Å². The molecular weight excluding hydrogens is 214 g/mol. The van der Waals surface area contributed by atoms with E-state index in [-0.39, 0.29) is 0 Å². The standard InChI is InChI=1S/C14H15NO2/c1-2-8-16-12-6-7-15-11(12)9-10-4-3-5-13-14(10)17-13/h3-7,15H,2,8-9H2,1H3. The summed E-state index contributed by atoms with van der Waals surface area (Å²) >= 11 is 0. The summed E-state index contributed by atoms with van der Waals surface area (Å²) in [6.45, 7) is 2.87. The summed E-state index contributed by atoms with van der Waals surface area (Å²) in [6, 6.07) is 8.09. The van der Waals surface area contributed by atoms with Gasteiger partial charge in [-0.15, -0.1) is 0 Å². The summed E-state index contributed by atoms with van der Waals surface area (Å²) in [6.07, 6.45) is 3.77. The topological polar surface area (TPSA) is 37.5 Å². The number of aromatic amines is 1. The van der Waals surface area contributed by atoms with Crippen LogP contribution in [0.2, 0.25) is 0 Å². The Bertz CT molecular complexity index is 531. The molecule has 0 spiro atoms. The van der Waals surface area contributed by atoms with Crippen LogP contribution in [0.1, 0.15) is 24.6 Å². The Labute approximate surface area is 100 Å². The maximum Gasteiger partial charge on any atom is 0.173 e. The largest absolute Gasteiger partial charge is 0.492 e. The van der Waals surface area contributed by atoms with E-state index in [2.05, 4.69) is 18.0 Å². The third kappa shape index (κ3) is 2.00. The highest BCUT2D eigenvalue weighted by atomic mass is 16.6. The summed E-state index contributed by atoms with van der Waals surface area (Å²) in [5.41, 5.74) is 2.33. The van der Waals surface area contributed by atoms with Crippen LogP contribution in [0.5, 0.6) is 17.2 Å². The van der Waals surface area contributed by atoms with E-state index >= 15 is 0 Å². The zero-order valence-corrected chi connectivity index (χ0v) is 9.82. The van der Waals surface area contributed by atoms with Crippen LogP contribution in [0.15, 0.2) is 30.5 Å². The minimum absolute atomic E-state index is 0.758. The third-order valence-corrected chi connectivity index (χ3v) is 2.85. The molecule has 88 valence electrons. The maximum atomic E-state index is 5.68. The van der Waals surface area contributed by atoms with E-state index in [9.17, 15) is 0 Å². The molecule has 0 saturated heterocycles. The first-order valence-corrected chi connectivity index (χ1v) is 5.97. The number of nitrogens with one attached hydrogen (secondary N) is 1. The van der Waals surface area contributed by atoms with E-state index in [4.69, 9.17) is 9.47 Å². The van der Waals surface area contributed by atoms with Gasteiger partial charge in [0.25, 0.3) is 0 Å². The van der Waals surface area contributed by atoms with Crippen LogP contribution in [-0.4, -0.2) is 11.6 Å². The van der Waals surface area contributed by atoms with Gasteiger partial charge in [-0.3, -0.25) is 0 Å². The van der Waals surface area contributed by atoms with Crippen molar-refractivity contribution >= 4 is 0 Å². The summed E-state index contributed by atoms with van der Waals surface area (Å²) in [7, 11) is 0. The predicted octanol–water partition coefficient (Wildman–Crippen LogP) is 3.50. The van der Waals surface area contributed by atoms with Crippen molar-refractivity contribution < 1.29 is 9.47 Å². The second-order valence-corrected chi connectivity index (χ2v) is 4.19. The molecule has 2 aromatic rings. The van der Waals surface area contributed by atoms with E-state index in [1.54, 1.807) is 0 Å². The average Bonchev–Trinajstić information content (AvgIpc) is 3.02. The Morgan fingerprint density at radius 1 is 1.29 bits per heavy atom. The Morgan fingerprint density at radius 2 is 2.24 bits per heavy atom. The first-order chi connectivity index (χ1) is 8.38. The highest BCUT2D eigenvalue weighted by Gasteiger charge is 2.24. The molecule has 0 unspecified atom stereocenters. The molecule has 1 aliphatic rings. The third-order valence-electron chi connectivity index (χ3n) is 2.85. The van der Waals surface area contributed by atoms with Gasteiger partial charge in [-0.05, 0) is 18.6 Å². The fourth-order valence-electron chi connectivity index (χ4n) is 1.95. The smallest absolute Gasteiger partial charge is 0.173 e. The van der Waals surface area contributed by atoms with Crippen LogP contribution in [0.25, 0.3) is 0 Å². The van der Waals surface area contributed by atoms with Crippen molar-refractivity contribution in [1.82, 2.24) is 4.98 Å². The van der Waals surface area contributed by atoms with Crippen LogP contribution < -0.4 is 9.47 Å². The minimum atomic E-state index is 0.758. The SMILES string of the molecule is CCCOc1cc[nH]c1Cc1cccc2c1O2. The molecule has 3 rings (SSSR count). The molecular formula is C14H15NO2. The predicted molar refractivity (Wildman–Crippen MR) is 65.9 cm³/mol. The quantitative estimate of drug-likeness (QED) is 0.680. The minimum Gasteiger partial charge on any atom is -0.492 e. The van der Waals surface area contributed by atoms with Gasteiger partial charge in [-0.2, -0.15) is 0 Å². The first-order valence-electron chi connectivity index (χ1n) is 5.97. The summed E-state index contributed by atoms with van der Waals surface area (Å²) in [5, 5.41) is 0. The van der Waals surface area contributed by atoms with Crippen LogP contribution >= 0.6 is 0 Å². The molecule has 0 atom stereocenters. The van der Waals surface area contributed by atoms with Crippen molar-refractivity contribution in [2.24, 2.45) is 0 Å². The van der Waals surface area contributed by atoms with Gasteiger partial charge in [-0.1, -0.05) is 19.1 Å². The lowest BCUT2D eigenvalue weighted by molar-refractivity contribution is 0.315. The van der Waals surface area contributed by atoms with E-state index in [1.165, 1.54) is 5.56 Å². The molecule has 0 bridgehead atoms. The molecule has 2 heterocycles. The second-order valence-electron chi connectivity index (χ2n) is 4.19. The lowest BCUT2D eigenvalue weighted by Crippen LogP contribution is -1.97. The molecule has 3 heteroatoms. The van der Waals surface area contributed by atoms with Crippen molar-refractivity contribution in [3.05, 3.63) is 41.7 Å². The van der Waals surface area contributed by atoms with E-state index in [0.717, 1.165) is 42.4 Å². The van der Waals surface area contributed by atoms with Crippen LogP contribution in [-0.2, 0) is 6.42 Å². The number of para-hydroxylation sites is 1. The summed E-state index contributed by atoms with van der Waals surface area (Å²) < 4.78 is 11.1. The normalized spacial score (nSPS) is 11.8. The molecule has 1 aromatic carbocycles. The number of ether oxygens (including phenoxy) is 2. The van der Waals surface area contributed by atoms with Gasteiger partial charge in [-0.25, -0.2) is 0 Å². The molecule has 1 aromatic heterocycles. The van der Waals surface area contributed by atoms with Gasteiger partial charge in [0.1, 0.15) is 5.75 Å². The molecule has 1 aliphatic heterocycles.